The van der Waals surface area contributed by atoms with Gasteiger partial charge in [0.1, 0.15) is 5.82 Å². The molecule has 0 atom stereocenters. The van der Waals surface area contributed by atoms with Gasteiger partial charge in [-0.2, -0.15) is 4.98 Å². The van der Waals surface area contributed by atoms with Gasteiger partial charge in [-0.1, -0.05) is 0 Å². The molecule has 0 aliphatic rings. The van der Waals surface area contributed by atoms with Gasteiger partial charge in [-0.05, 0) is 6.92 Å². The molecular weight excluding hydrogens is 208 g/mol. The van der Waals surface area contributed by atoms with E-state index in [0.717, 1.165) is 0 Å². The van der Waals surface area contributed by atoms with Crippen LogP contribution in [0, 0.1) is 0 Å². The van der Waals surface area contributed by atoms with E-state index >= 15 is 0 Å². The summed E-state index contributed by atoms with van der Waals surface area (Å²) in [5.74, 6) is 1.21. The zero-order valence-corrected chi connectivity index (χ0v) is 9.48. The topological polar surface area (TPSA) is 82.3 Å². The van der Waals surface area contributed by atoms with Crippen molar-refractivity contribution in [3.8, 4) is 5.88 Å². The third-order valence-electron chi connectivity index (χ3n) is 1.72. The van der Waals surface area contributed by atoms with Gasteiger partial charge in [0.2, 0.25) is 5.88 Å². The predicted molar refractivity (Wildman–Crippen MR) is 61.6 cm³/mol. The molecule has 6 nitrogen and oxygen atoms in total. The summed E-state index contributed by atoms with van der Waals surface area (Å²) in [7, 11) is 0. The van der Waals surface area contributed by atoms with Crippen molar-refractivity contribution in [1.29, 1.82) is 0 Å². The number of hydrogen-bond donors (Lipinski definition) is 2. The molecule has 6 heteroatoms. The smallest absolute Gasteiger partial charge is 0.234 e. The SMILES string of the molecule is CCOc1cncc(NCCOCCN)n1. The van der Waals surface area contributed by atoms with Crippen molar-refractivity contribution in [2.24, 2.45) is 5.73 Å². The first-order valence-electron chi connectivity index (χ1n) is 5.33. The number of nitrogens with two attached hydrogens (primary N) is 1. The quantitative estimate of drug-likeness (QED) is 0.619. The average molecular weight is 226 g/mol. The Morgan fingerprint density at radius 3 is 3.00 bits per heavy atom. The third kappa shape index (κ3) is 4.90. The van der Waals surface area contributed by atoms with E-state index in [2.05, 4.69) is 15.3 Å². The molecule has 0 aliphatic heterocycles. The number of nitrogens with zero attached hydrogens (tertiary/aromatic N) is 2. The molecule has 16 heavy (non-hydrogen) atoms. The summed E-state index contributed by atoms with van der Waals surface area (Å²) >= 11 is 0. The van der Waals surface area contributed by atoms with Crippen LogP contribution in [0.4, 0.5) is 5.82 Å². The summed E-state index contributed by atoms with van der Waals surface area (Å²) in [6.45, 7) is 4.87. The molecule has 0 amide bonds. The van der Waals surface area contributed by atoms with E-state index < -0.39 is 0 Å². The summed E-state index contributed by atoms with van der Waals surface area (Å²) < 4.78 is 10.4. The first-order chi connectivity index (χ1) is 7.86. The molecule has 0 spiro atoms. The monoisotopic (exact) mass is 226 g/mol. The van der Waals surface area contributed by atoms with Crippen LogP contribution in [0.2, 0.25) is 0 Å². The maximum atomic E-state index is 5.29. The van der Waals surface area contributed by atoms with Crippen LogP contribution in [0.25, 0.3) is 0 Å². The Balaban J connectivity index is 2.27. The molecule has 1 heterocycles. The fourth-order valence-corrected chi connectivity index (χ4v) is 1.09. The first-order valence-corrected chi connectivity index (χ1v) is 5.33. The molecule has 0 bridgehead atoms. The van der Waals surface area contributed by atoms with Crippen LogP contribution in [-0.4, -0.2) is 42.9 Å². The van der Waals surface area contributed by atoms with Gasteiger partial charge in [0, 0.05) is 13.1 Å². The summed E-state index contributed by atoms with van der Waals surface area (Å²) in [6, 6.07) is 0. The second kappa shape index (κ2) is 7.84. The van der Waals surface area contributed by atoms with Crippen LogP contribution in [-0.2, 0) is 4.74 Å². The van der Waals surface area contributed by atoms with Gasteiger partial charge < -0.3 is 20.5 Å². The number of rotatable bonds is 8. The molecule has 0 radical (unpaired) electrons. The van der Waals surface area contributed by atoms with Crippen LogP contribution in [0.15, 0.2) is 12.4 Å². The molecule has 0 unspecified atom stereocenters. The highest BCUT2D eigenvalue weighted by Crippen LogP contribution is 2.08. The normalized spacial score (nSPS) is 10.1. The standard InChI is InChI=1S/C10H18N4O2/c1-2-16-10-8-12-7-9(14-10)13-4-6-15-5-3-11/h7-8H,2-6,11H2,1H3,(H,13,14). The maximum Gasteiger partial charge on any atom is 0.234 e. The number of aromatic nitrogens is 2. The van der Waals surface area contributed by atoms with E-state index in [1.54, 1.807) is 12.4 Å². The molecule has 0 aliphatic carbocycles. The minimum atomic E-state index is 0.523. The Morgan fingerprint density at radius 1 is 1.38 bits per heavy atom. The van der Waals surface area contributed by atoms with E-state index in [4.69, 9.17) is 15.2 Å². The van der Waals surface area contributed by atoms with Gasteiger partial charge in [0.05, 0.1) is 32.2 Å². The van der Waals surface area contributed by atoms with E-state index in [0.29, 0.717) is 44.6 Å². The molecule has 3 N–H and O–H groups in total. The van der Waals surface area contributed by atoms with Gasteiger partial charge in [-0.15, -0.1) is 0 Å². The first kappa shape index (κ1) is 12.7. The lowest BCUT2D eigenvalue weighted by atomic mass is 10.6. The Labute approximate surface area is 95.2 Å². The largest absolute Gasteiger partial charge is 0.477 e. The number of hydrogen-bond acceptors (Lipinski definition) is 6. The summed E-state index contributed by atoms with van der Waals surface area (Å²) in [4.78, 5) is 8.21. The van der Waals surface area contributed by atoms with E-state index in [9.17, 15) is 0 Å². The van der Waals surface area contributed by atoms with E-state index in [1.165, 1.54) is 0 Å². The fourth-order valence-electron chi connectivity index (χ4n) is 1.09. The number of nitrogens with one attached hydrogen (secondary N) is 1. The molecule has 1 rings (SSSR count). The summed E-state index contributed by atoms with van der Waals surface area (Å²) in [6.07, 6.45) is 3.23. The molecular formula is C10H18N4O2. The molecule has 0 saturated heterocycles. The fraction of sp³-hybridized carbons (Fsp3) is 0.600. The average Bonchev–Trinajstić information content (AvgIpc) is 2.30. The van der Waals surface area contributed by atoms with E-state index in [1.807, 2.05) is 6.92 Å². The molecule has 1 aromatic heterocycles. The zero-order chi connectivity index (χ0) is 11.6. The molecule has 90 valence electrons. The van der Waals surface area contributed by atoms with Gasteiger partial charge in [0.25, 0.3) is 0 Å². The highest BCUT2D eigenvalue weighted by molar-refractivity contribution is 5.32. The van der Waals surface area contributed by atoms with Crippen LogP contribution in [0.3, 0.4) is 0 Å². The van der Waals surface area contributed by atoms with Gasteiger partial charge in [-0.25, -0.2) is 0 Å². The second-order valence-electron chi connectivity index (χ2n) is 3.00. The number of ether oxygens (including phenoxy) is 2. The van der Waals surface area contributed by atoms with Crippen LogP contribution >= 0.6 is 0 Å². The van der Waals surface area contributed by atoms with E-state index in [-0.39, 0.29) is 0 Å². The van der Waals surface area contributed by atoms with Crippen molar-refractivity contribution in [1.82, 2.24) is 9.97 Å². The Bertz CT molecular complexity index is 296. The molecule has 0 fully saturated rings. The van der Waals surface area contributed by atoms with Crippen molar-refractivity contribution < 1.29 is 9.47 Å². The zero-order valence-electron chi connectivity index (χ0n) is 9.48. The van der Waals surface area contributed by atoms with Crippen LogP contribution < -0.4 is 15.8 Å². The van der Waals surface area contributed by atoms with Crippen molar-refractivity contribution in [3.05, 3.63) is 12.4 Å². The van der Waals surface area contributed by atoms with Gasteiger partial charge >= 0.3 is 0 Å². The van der Waals surface area contributed by atoms with Crippen molar-refractivity contribution in [2.75, 3.05) is 38.2 Å². The van der Waals surface area contributed by atoms with Crippen LogP contribution in [0.1, 0.15) is 6.92 Å². The van der Waals surface area contributed by atoms with Gasteiger partial charge in [-0.3, -0.25) is 4.98 Å². The Hall–Kier alpha value is -1.40. The highest BCUT2D eigenvalue weighted by atomic mass is 16.5. The minimum absolute atomic E-state index is 0.523. The lowest BCUT2D eigenvalue weighted by Crippen LogP contribution is -2.15. The predicted octanol–water partition coefficient (Wildman–Crippen LogP) is 0.262. The second-order valence-corrected chi connectivity index (χ2v) is 3.00. The van der Waals surface area contributed by atoms with Crippen molar-refractivity contribution in [2.45, 2.75) is 6.92 Å². The summed E-state index contributed by atoms with van der Waals surface area (Å²) in [5.41, 5.74) is 5.29. The lowest BCUT2D eigenvalue weighted by Gasteiger charge is -2.07. The van der Waals surface area contributed by atoms with Crippen molar-refractivity contribution in [3.63, 3.8) is 0 Å². The summed E-state index contributed by atoms with van der Waals surface area (Å²) in [5, 5.41) is 3.08. The van der Waals surface area contributed by atoms with Crippen molar-refractivity contribution >= 4 is 5.82 Å². The minimum Gasteiger partial charge on any atom is -0.477 e. The molecule has 0 saturated carbocycles. The third-order valence-corrected chi connectivity index (χ3v) is 1.72. The van der Waals surface area contributed by atoms with Crippen LogP contribution in [0.5, 0.6) is 5.88 Å². The maximum absolute atomic E-state index is 5.29. The number of anilines is 1. The molecule has 0 aromatic carbocycles. The highest BCUT2D eigenvalue weighted by Gasteiger charge is 1.97. The Morgan fingerprint density at radius 2 is 2.25 bits per heavy atom. The Kier molecular flexibility index (Phi) is 6.20. The van der Waals surface area contributed by atoms with Gasteiger partial charge in [0.15, 0.2) is 0 Å². The lowest BCUT2D eigenvalue weighted by molar-refractivity contribution is 0.151. The molecule has 1 aromatic rings.